The Kier molecular flexibility index (Phi) is 5.59. The van der Waals surface area contributed by atoms with Crippen LogP contribution in [0.15, 0.2) is 23.7 Å². The topological polar surface area (TPSA) is 94.1 Å². The fourth-order valence-electron chi connectivity index (χ4n) is 1.69. The number of amides is 2. The molecule has 0 aliphatic rings. The molecule has 2 N–H and O–H groups in total. The van der Waals surface area contributed by atoms with Gasteiger partial charge in [-0.05, 0) is 18.2 Å². The van der Waals surface area contributed by atoms with Crippen LogP contribution in [0, 0.1) is 0 Å². The highest BCUT2D eigenvalue weighted by Crippen LogP contribution is 2.35. The SMILES string of the molecule is O=C([O-])NCCNC(=O)c1ncsc1-c1cc(Cl)ccc1Cl. The quantitative estimate of drug-likeness (QED) is 0.796. The first-order valence-electron chi connectivity index (χ1n) is 6.11. The Bertz CT molecular complexity index is 706. The maximum atomic E-state index is 12.1. The van der Waals surface area contributed by atoms with Gasteiger partial charge in [0.2, 0.25) is 0 Å². The number of nitrogens with zero attached hydrogens (tertiary/aromatic N) is 1. The molecule has 2 aromatic rings. The van der Waals surface area contributed by atoms with Crippen LogP contribution in [0.4, 0.5) is 4.79 Å². The third-order valence-corrected chi connectivity index (χ3v) is 4.06. The van der Waals surface area contributed by atoms with Crippen molar-refractivity contribution >= 4 is 46.5 Å². The van der Waals surface area contributed by atoms with E-state index in [1.54, 1.807) is 18.2 Å². The summed E-state index contributed by atoms with van der Waals surface area (Å²) in [6.45, 7) is 0.165. The predicted molar refractivity (Wildman–Crippen MR) is 83.3 cm³/mol. The standard InChI is InChI=1S/C13H11Cl2N3O3S/c14-7-1-2-9(15)8(5-7)11-10(18-6-22-11)12(19)16-3-4-17-13(20)21/h1-2,5-6,17H,3-4H2,(H,16,19)(H,20,21)/p-1. The lowest BCUT2D eigenvalue weighted by Gasteiger charge is -2.08. The van der Waals surface area contributed by atoms with Crippen LogP contribution in [0.5, 0.6) is 0 Å². The molecular weight excluding hydrogens is 349 g/mol. The summed E-state index contributed by atoms with van der Waals surface area (Å²) in [5, 5.41) is 15.8. The smallest absolute Gasteiger partial charge is 0.271 e. The molecular formula is C13H10Cl2N3O3S-. The van der Waals surface area contributed by atoms with E-state index in [2.05, 4.69) is 10.3 Å². The molecule has 116 valence electrons. The number of thiazole rings is 1. The average molecular weight is 359 g/mol. The Labute approximate surface area is 140 Å². The van der Waals surface area contributed by atoms with Crippen molar-refractivity contribution in [2.45, 2.75) is 0 Å². The van der Waals surface area contributed by atoms with Gasteiger partial charge in [-0.1, -0.05) is 23.2 Å². The minimum atomic E-state index is -1.39. The first-order chi connectivity index (χ1) is 10.5. The van der Waals surface area contributed by atoms with Crippen molar-refractivity contribution in [3.05, 3.63) is 39.4 Å². The molecule has 0 unspecified atom stereocenters. The van der Waals surface area contributed by atoms with E-state index in [-0.39, 0.29) is 18.8 Å². The molecule has 22 heavy (non-hydrogen) atoms. The van der Waals surface area contributed by atoms with Gasteiger partial charge >= 0.3 is 0 Å². The lowest BCUT2D eigenvalue weighted by molar-refractivity contribution is -0.250. The number of hydrogen-bond acceptors (Lipinski definition) is 5. The molecule has 0 saturated carbocycles. The van der Waals surface area contributed by atoms with E-state index in [1.807, 2.05) is 5.32 Å². The average Bonchev–Trinajstić information content (AvgIpc) is 2.95. The van der Waals surface area contributed by atoms with Gasteiger partial charge in [-0.2, -0.15) is 0 Å². The zero-order chi connectivity index (χ0) is 16.1. The van der Waals surface area contributed by atoms with Crippen LogP contribution >= 0.6 is 34.5 Å². The number of carbonyl (C=O) groups is 2. The van der Waals surface area contributed by atoms with Crippen molar-refractivity contribution in [1.82, 2.24) is 15.6 Å². The lowest BCUT2D eigenvalue weighted by Crippen LogP contribution is -2.41. The molecule has 2 amide bonds. The van der Waals surface area contributed by atoms with Gasteiger partial charge in [0.05, 0.1) is 10.4 Å². The monoisotopic (exact) mass is 358 g/mol. The first kappa shape index (κ1) is 16.5. The zero-order valence-electron chi connectivity index (χ0n) is 11.1. The summed E-state index contributed by atoms with van der Waals surface area (Å²) in [5.74, 6) is -0.424. The number of hydrogen-bond donors (Lipinski definition) is 2. The third kappa shape index (κ3) is 4.09. The minimum absolute atomic E-state index is 0.0471. The molecule has 0 spiro atoms. The number of rotatable bonds is 5. The number of nitrogens with one attached hydrogen (secondary N) is 2. The predicted octanol–water partition coefficient (Wildman–Crippen LogP) is 1.78. The summed E-state index contributed by atoms with van der Waals surface area (Å²) < 4.78 is 0. The largest absolute Gasteiger partial charge is 0.530 e. The number of carboxylic acid groups (broad SMARTS) is 1. The number of carbonyl (C=O) groups excluding carboxylic acids is 2. The van der Waals surface area contributed by atoms with Gasteiger partial charge < -0.3 is 20.5 Å². The van der Waals surface area contributed by atoms with Crippen molar-refractivity contribution < 1.29 is 14.7 Å². The maximum absolute atomic E-state index is 12.1. The van der Waals surface area contributed by atoms with Crippen LogP contribution in [-0.4, -0.2) is 30.1 Å². The van der Waals surface area contributed by atoms with Gasteiger partial charge in [0.1, 0.15) is 11.8 Å². The molecule has 0 atom stereocenters. The van der Waals surface area contributed by atoms with Crippen LogP contribution in [0.25, 0.3) is 10.4 Å². The van der Waals surface area contributed by atoms with E-state index in [0.717, 1.165) is 0 Å². The van der Waals surface area contributed by atoms with Gasteiger partial charge in [0, 0.05) is 28.7 Å². The van der Waals surface area contributed by atoms with Gasteiger partial charge in [-0.3, -0.25) is 4.79 Å². The van der Waals surface area contributed by atoms with E-state index < -0.39 is 12.0 Å². The highest BCUT2D eigenvalue weighted by atomic mass is 35.5. The molecule has 1 aromatic carbocycles. The Morgan fingerprint density at radius 3 is 2.68 bits per heavy atom. The molecule has 2 rings (SSSR count). The van der Waals surface area contributed by atoms with Crippen molar-refractivity contribution in [3.8, 4) is 10.4 Å². The van der Waals surface area contributed by atoms with E-state index in [1.165, 1.54) is 16.8 Å². The van der Waals surface area contributed by atoms with Gasteiger partial charge in [0.25, 0.3) is 5.91 Å². The van der Waals surface area contributed by atoms with Crippen molar-refractivity contribution in [2.24, 2.45) is 0 Å². The molecule has 0 aliphatic heterocycles. The minimum Gasteiger partial charge on any atom is -0.530 e. The normalized spacial score (nSPS) is 10.3. The number of aromatic nitrogens is 1. The Hall–Kier alpha value is -1.83. The molecule has 1 aromatic heterocycles. The molecule has 0 bridgehead atoms. The fraction of sp³-hybridized carbons (Fsp3) is 0.154. The zero-order valence-corrected chi connectivity index (χ0v) is 13.4. The van der Waals surface area contributed by atoms with Crippen LogP contribution in [-0.2, 0) is 0 Å². The highest BCUT2D eigenvalue weighted by Gasteiger charge is 2.18. The van der Waals surface area contributed by atoms with Crippen LogP contribution in [0.2, 0.25) is 10.0 Å². The third-order valence-electron chi connectivity index (χ3n) is 2.64. The summed E-state index contributed by atoms with van der Waals surface area (Å²) in [5.41, 5.74) is 2.36. The molecule has 0 fully saturated rings. The molecule has 0 saturated heterocycles. The lowest BCUT2D eigenvalue weighted by atomic mass is 10.1. The Balaban J connectivity index is 2.13. The Morgan fingerprint density at radius 2 is 1.95 bits per heavy atom. The number of benzene rings is 1. The van der Waals surface area contributed by atoms with E-state index >= 15 is 0 Å². The second-order valence-corrected chi connectivity index (χ2v) is 5.82. The van der Waals surface area contributed by atoms with Gasteiger partial charge in [0.15, 0.2) is 0 Å². The van der Waals surface area contributed by atoms with E-state index in [4.69, 9.17) is 23.2 Å². The number of halogens is 2. The summed E-state index contributed by atoms with van der Waals surface area (Å²) >= 11 is 13.3. The molecule has 0 radical (unpaired) electrons. The van der Waals surface area contributed by atoms with Gasteiger partial charge in [-0.15, -0.1) is 11.3 Å². The second kappa shape index (κ2) is 7.44. The van der Waals surface area contributed by atoms with Crippen LogP contribution in [0.1, 0.15) is 10.5 Å². The summed E-state index contributed by atoms with van der Waals surface area (Å²) in [6, 6.07) is 4.95. The molecule has 9 heteroatoms. The van der Waals surface area contributed by atoms with Gasteiger partial charge in [-0.25, -0.2) is 4.98 Å². The molecule has 1 heterocycles. The van der Waals surface area contributed by atoms with E-state index in [0.29, 0.717) is 20.5 Å². The fourth-order valence-corrected chi connectivity index (χ4v) is 2.95. The maximum Gasteiger partial charge on any atom is 0.271 e. The van der Waals surface area contributed by atoms with E-state index in [9.17, 15) is 14.7 Å². The Morgan fingerprint density at radius 1 is 1.23 bits per heavy atom. The van der Waals surface area contributed by atoms with Crippen LogP contribution in [0.3, 0.4) is 0 Å². The molecule has 6 nitrogen and oxygen atoms in total. The van der Waals surface area contributed by atoms with Crippen LogP contribution < -0.4 is 15.7 Å². The second-order valence-electron chi connectivity index (χ2n) is 4.12. The molecule has 0 aliphatic carbocycles. The summed E-state index contributed by atoms with van der Waals surface area (Å²) in [7, 11) is 0. The van der Waals surface area contributed by atoms with Crippen molar-refractivity contribution in [1.29, 1.82) is 0 Å². The summed E-state index contributed by atoms with van der Waals surface area (Å²) in [4.78, 5) is 26.9. The summed E-state index contributed by atoms with van der Waals surface area (Å²) in [6.07, 6.45) is -1.39. The van der Waals surface area contributed by atoms with Crippen molar-refractivity contribution in [3.63, 3.8) is 0 Å². The van der Waals surface area contributed by atoms with Crippen molar-refractivity contribution in [2.75, 3.05) is 13.1 Å². The highest BCUT2D eigenvalue weighted by molar-refractivity contribution is 7.13. The first-order valence-corrected chi connectivity index (χ1v) is 7.74.